The lowest BCUT2D eigenvalue weighted by molar-refractivity contribution is 0.200. The molecular weight excluding hydrogens is 294 g/mol. The van der Waals surface area contributed by atoms with Crippen LogP contribution in [0.15, 0.2) is 18.2 Å². The Labute approximate surface area is 136 Å². The second kappa shape index (κ2) is 9.21. The van der Waals surface area contributed by atoms with Crippen LogP contribution in [0.5, 0.6) is 0 Å². The number of ether oxygens (including phenoxy) is 1. The van der Waals surface area contributed by atoms with E-state index < -0.39 is 9.71 Å². The molecule has 126 valence electrons. The van der Waals surface area contributed by atoms with E-state index in [1.165, 1.54) is 5.56 Å². The molecule has 0 saturated heterocycles. The van der Waals surface area contributed by atoms with Crippen LogP contribution in [0.1, 0.15) is 57.1 Å². The summed E-state index contributed by atoms with van der Waals surface area (Å²) in [6.07, 6.45) is 2.69. The Balaban J connectivity index is 3.03. The van der Waals surface area contributed by atoms with Crippen molar-refractivity contribution in [2.24, 2.45) is 0 Å². The SMILES string of the molecule is CCC=S(=O)(CCCOC)Nc1cc(C(C)CC)ccc1C. The highest BCUT2D eigenvalue weighted by atomic mass is 32.2. The van der Waals surface area contributed by atoms with E-state index >= 15 is 0 Å². The summed E-state index contributed by atoms with van der Waals surface area (Å²) in [5.41, 5.74) is 3.42. The standard InChI is InChI=1S/C18H31NO2S/c1-6-12-22(20,13-8-11-21-5)19-18-14-17(15(3)7-2)10-9-16(18)4/h9-10,12,14-15H,6-8,11,13H2,1-5H3,(H,19,20). The first-order valence-corrected chi connectivity index (χ1v) is 9.97. The van der Waals surface area contributed by atoms with Crippen molar-refractivity contribution in [1.82, 2.24) is 0 Å². The smallest absolute Gasteiger partial charge is 0.0488 e. The maximum atomic E-state index is 13.1. The molecule has 0 radical (unpaired) electrons. The van der Waals surface area contributed by atoms with E-state index in [2.05, 4.69) is 43.7 Å². The van der Waals surface area contributed by atoms with Crippen molar-refractivity contribution in [3.05, 3.63) is 29.3 Å². The second-order valence-corrected chi connectivity index (χ2v) is 8.24. The first kappa shape index (κ1) is 19.0. The molecule has 0 bridgehead atoms. The van der Waals surface area contributed by atoms with Crippen molar-refractivity contribution in [2.75, 3.05) is 24.2 Å². The topological polar surface area (TPSA) is 38.3 Å². The Morgan fingerprint density at radius 1 is 1.36 bits per heavy atom. The van der Waals surface area contributed by atoms with Gasteiger partial charge in [-0.1, -0.05) is 32.9 Å². The van der Waals surface area contributed by atoms with E-state index in [4.69, 9.17) is 4.74 Å². The van der Waals surface area contributed by atoms with Gasteiger partial charge in [-0.05, 0) is 54.7 Å². The van der Waals surface area contributed by atoms with Gasteiger partial charge in [-0.15, -0.1) is 0 Å². The second-order valence-electron chi connectivity index (χ2n) is 5.84. The highest BCUT2D eigenvalue weighted by Gasteiger charge is 2.11. The summed E-state index contributed by atoms with van der Waals surface area (Å²) in [6, 6.07) is 6.44. The molecule has 0 heterocycles. The summed E-state index contributed by atoms with van der Waals surface area (Å²) in [5, 5.41) is 1.91. The molecule has 4 heteroatoms. The minimum atomic E-state index is -2.19. The zero-order valence-corrected chi connectivity index (χ0v) is 15.5. The lowest BCUT2D eigenvalue weighted by Gasteiger charge is -2.18. The highest BCUT2D eigenvalue weighted by Crippen LogP contribution is 2.25. The summed E-state index contributed by atoms with van der Waals surface area (Å²) in [4.78, 5) is 0. The Kier molecular flexibility index (Phi) is 7.97. The number of hydrogen-bond donors (Lipinski definition) is 1. The number of aryl methyl sites for hydroxylation is 1. The first-order chi connectivity index (χ1) is 10.5. The normalized spacial score (nSPS) is 15.1. The van der Waals surface area contributed by atoms with Gasteiger partial charge in [-0.25, -0.2) is 4.21 Å². The lowest BCUT2D eigenvalue weighted by Crippen LogP contribution is -2.21. The maximum absolute atomic E-state index is 13.1. The van der Waals surface area contributed by atoms with Crippen LogP contribution >= 0.6 is 0 Å². The van der Waals surface area contributed by atoms with E-state index in [0.29, 0.717) is 18.3 Å². The third kappa shape index (κ3) is 5.65. The average Bonchev–Trinajstić information content (AvgIpc) is 2.49. The fourth-order valence-electron chi connectivity index (χ4n) is 2.34. The number of methoxy groups -OCH3 is 1. The Morgan fingerprint density at radius 3 is 2.68 bits per heavy atom. The van der Waals surface area contributed by atoms with E-state index in [-0.39, 0.29) is 0 Å². The molecule has 22 heavy (non-hydrogen) atoms. The van der Waals surface area contributed by atoms with Crippen molar-refractivity contribution in [2.45, 2.75) is 52.9 Å². The third-order valence-corrected chi connectivity index (χ3v) is 6.29. The van der Waals surface area contributed by atoms with Crippen molar-refractivity contribution in [1.29, 1.82) is 0 Å². The summed E-state index contributed by atoms with van der Waals surface area (Å²) >= 11 is 0. The number of nitrogens with one attached hydrogen (secondary N) is 1. The summed E-state index contributed by atoms with van der Waals surface area (Å²) in [5.74, 6) is 1.13. The van der Waals surface area contributed by atoms with Crippen LogP contribution in [0.25, 0.3) is 0 Å². The fraction of sp³-hybridized carbons (Fsp3) is 0.611. The number of rotatable bonds is 9. The predicted molar refractivity (Wildman–Crippen MR) is 99.4 cm³/mol. The van der Waals surface area contributed by atoms with E-state index in [9.17, 15) is 4.21 Å². The first-order valence-electron chi connectivity index (χ1n) is 8.18. The molecule has 2 atom stereocenters. The predicted octanol–water partition coefficient (Wildman–Crippen LogP) is 4.37. The molecule has 0 aliphatic rings. The molecule has 1 aromatic carbocycles. The zero-order valence-electron chi connectivity index (χ0n) is 14.6. The van der Waals surface area contributed by atoms with Gasteiger partial charge in [-0.3, -0.25) is 0 Å². The lowest BCUT2D eigenvalue weighted by atomic mass is 9.97. The van der Waals surface area contributed by atoms with Crippen molar-refractivity contribution in [3.8, 4) is 0 Å². The minimum Gasteiger partial charge on any atom is -0.385 e. The average molecular weight is 326 g/mol. The van der Waals surface area contributed by atoms with Gasteiger partial charge in [0.25, 0.3) is 0 Å². The van der Waals surface area contributed by atoms with Gasteiger partial charge in [0, 0.05) is 34.9 Å². The maximum Gasteiger partial charge on any atom is 0.0488 e. The summed E-state index contributed by atoms with van der Waals surface area (Å²) in [6.45, 7) is 9.14. The molecule has 0 fully saturated rings. The third-order valence-electron chi connectivity index (χ3n) is 3.96. The molecule has 2 unspecified atom stereocenters. The molecule has 3 nitrogen and oxygen atoms in total. The fourth-order valence-corrected chi connectivity index (χ4v) is 4.37. The summed E-state index contributed by atoms with van der Waals surface area (Å²) < 4.78 is 21.5. The Hall–Kier alpha value is -1.00. The van der Waals surface area contributed by atoms with Gasteiger partial charge in [0.2, 0.25) is 0 Å². The molecule has 0 aliphatic carbocycles. The Bertz CT molecular complexity index is 574. The Morgan fingerprint density at radius 2 is 2.09 bits per heavy atom. The molecule has 0 aliphatic heterocycles. The van der Waals surface area contributed by atoms with Crippen LogP contribution in [-0.2, 0) is 14.4 Å². The van der Waals surface area contributed by atoms with E-state index in [1.54, 1.807) is 7.11 Å². The molecule has 1 aromatic rings. The molecule has 0 aromatic heterocycles. The van der Waals surface area contributed by atoms with Crippen molar-refractivity contribution in [3.63, 3.8) is 0 Å². The van der Waals surface area contributed by atoms with Crippen LogP contribution < -0.4 is 4.72 Å². The molecule has 1 rings (SSSR count). The molecule has 0 saturated carbocycles. The molecule has 0 amide bonds. The van der Waals surface area contributed by atoms with Crippen molar-refractivity contribution < 1.29 is 8.95 Å². The quantitative estimate of drug-likeness (QED) is 0.541. The van der Waals surface area contributed by atoms with Gasteiger partial charge in [0.1, 0.15) is 0 Å². The monoisotopic (exact) mass is 325 g/mol. The molecular formula is C18H31NO2S. The van der Waals surface area contributed by atoms with Gasteiger partial charge < -0.3 is 9.46 Å². The zero-order chi connectivity index (χ0) is 16.6. The highest BCUT2D eigenvalue weighted by molar-refractivity contribution is 8.02. The van der Waals surface area contributed by atoms with Crippen LogP contribution in [-0.4, -0.2) is 29.0 Å². The molecule has 1 N–H and O–H groups in total. The number of hydrogen-bond acceptors (Lipinski definition) is 2. The van der Waals surface area contributed by atoms with Gasteiger partial charge in [-0.2, -0.15) is 0 Å². The largest absolute Gasteiger partial charge is 0.385 e. The van der Waals surface area contributed by atoms with E-state index in [0.717, 1.165) is 30.5 Å². The van der Waals surface area contributed by atoms with Crippen molar-refractivity contribution >= 4 is 20.8 Å². The van der Waals surface area contributed by atoms with E-state index in [1.807, 2.05) is 12.3 Å². The minimum absolute atomic E-state index is 0.515. The number of benzene rings is 1. The number of anilines is 1. The van der Waals surface area contributed by atoms with Crippen LogP contribution in [0.2, 0.25) is 0 Å². The van der Waals surface area contributed by atoms with Crippen LogP contribution in [0.4, 0.5) is 5.69 Å². The van der Waals surface area contributed by atoms with Crippen LogP contribution in [0, 0.1) is 6.92 Å². The summed E-state index contributed by atoms with van der Waals surface area (Å²) in [7, 11) is -0.512. The van der Waals surface area contributed by atoms with Gasteiger partial charge in [0.15, 0.2) is 0 Å². The molecule has 0 spiro atoms. The van der Waals surface area contributed by atoms with Gasteiger partial charge >= 0.3 is 0 Å². The van der Waals surface area contributed by atoms with Crippen LogP contribution in [0.3, 0.4) is 0 Å². The van der Waals surface area contributed by atoms with Gasteiger partial charge in [0.05, 0.1) is 0 Å².